The van der Waals surface area contributed by atoms with Gasteiger partial charge >= 0.3 is 0 Å². The van der Waals surface area contributed by atoms with Gasteiger partial charge < -0.3 is 10.0 Å². The van der Waals surface area contributed by atoms with Crippen LogP contribution < -0.4 is 0 Å². The lowest BCUT2D eigenvalue weighted by Gasteiger charge is -2.47. The molecule has 1 N–H and O–H groups in total. The number of phenolic OH excluding ortho intramolecular Hbond substituents is 1. The molecule has 1 aliphatic carbocycles. The topological polar surface area (TPSA) is 86.9 Å². The maximum atomic E-state index is 12.8. The van der Waals surface area contributed by atoms with Crippen molar-refractivity contribution in [3.05, 3.63) is 33.9 Å². The molecule has 7 nitrogen and oxygen atoms in total. The van der Waals surface area contributed by atoms with Gasteiger partial charge in [-0.15, -0.1) is 0 Å². The molecule has 0 spiro atoms. The highest BCUT2D eigenvalue weighted by Crippen LogP contribution is 2.38. The molecule has 0 unspecified atom stereocenters. The molecule has 3 aliphatic rings. The van der Waals surface area contributed by atoms with Gasteiger partial charge in [0.25, 0.3) is 11.6 Å². The van der Waals surface area contributed by atoms with E-state index in [0.717, 1.165) is 24.9 Å². The number of piperidine rings is 2. The summed E-state index contributed by atoms with van der Waals surface area (Å²) < 4.78 is 0. The number of likely N-dealkylation sites (tertiary alicyclic amines) is 2. The van der Waals surface area contributed by atoms with E-state index in [9.17, 15) is 20.0 Å². The second-order valence-corrected chi connectivity index (χ2v) is 7.44. The van der Waals surface area contributed by atoms with Crippen LogP contribution in [0.5, 0.6) is 5.75 Å². The van der Waals surface area contributed by atoms with Gasteiger partial charge in [-0.05, 0) is 50.6 Å². The number of nitrogens with zero attached hydrogens (tertiary/aromatic N) is 3. The Morgan fingerprint density at radius 3 is 2.68 bits per heavy atom. The molecule has 0 aromatic heterocycles. The summed E-state index contributed by atoms with van der Waals surface area (Å²) in [5, 5.41) is 20.8. The van der Waals surface area contributed by atoms with Crippen LogP contribution in [-0.2, 0) is 0 Å². The summed E-state index contributed by atoms with van der Waals surface area (Å²) in [6, 6.07) is 5.02. The fraction of sp³-hybridized carbons (Fsp3) is 0.611. The molecule has 2 atom stereocenters. The van der Waals surface area contributed by atoms with Gasteiger partial charge in [0.1, 0.15) is 5.75 Å². The van der Waals surface area contributed by atoms with Gasteiger partial charge in [-0.2, -0.15) is 0 Å². The zero-order chi connectivity index (χ0) is 17.6. The molecule has 2 heterocycles. The van der Waals surface area contributed by atoms with E-state index in [4.69, 9.17) is 0 Å². The fourth-order valence-electron chi connectivity index (χ4n) is 4.47. The summed E-state index contributed by atoms with van der Waals surface area (Å²) in [7, 11) is 0. The van der Waals surface area contributed by atoms with Gasteiger partial charge in [0.05, 0.1) is 16.6 Å². The van der Waals surface area contributed by atoms with E-state index in [2.05, 4.69) is 4.90 Å². The lowest BCUT2D eigenvalue weighted by molar-refractivity contribution is -0.384. The smallest absolute Gasteiger partial charge is 0.273 e. The van der Waals surface area contributed by atoms with Crippen LogP contribution in [0.1, 0.15) is 42.5 Å². The second kappa shape index (κ2) is 6.29. The largest absolute Gasteiger partial charge is 0.507 e. The lowest BCUT2D eigenvalue weighted by Crippen LogP contribution is -2.55. The minimum absolute atomic E-state index is 0.152. The van der Waals surface area contributed by atoms with Crippen LogP contribution >= 0.6 is 0 Å². The number of hydrogen-bond acceptors (Lipinski definition) is 5. The van der Waals surface area contributed by atoms with Gasteiger partial charge in [-0.3, -0.25) is 19.8 Å². The molecular formula is C18H23N3O4. The first-order valence-electron chi connectivity index (χ1n) is 9.07. The van der Waals surface area contributed by atoms with Gasteiger partial charge in [0.2, 0.25) is 0 Å². The molecule has 4 rings (SSSR count). The second-order valence-electron chi connectivity index (χ2n) is 7.44. The van der Waals surface area contributed by atoms with Crippen molar-refractivity contribution in [2.24, 2.45) is 5.92 Å². The number of phenols is 1. The average Bonchev–Trinajstić information content (AvgIpc) is 3.45. The van der Waals surface area contributed by atoms with Gasteiger partial charge in [-0.1, -0.05) is 0 Å². The summed E-state index contributed by atoms with van der Waals surface area (Å²) in [4.78, 5) is 27.4. The molecule has 3 fully saturated rings. The van der Waals surface area contributed by atoms with Crippen LogP contribution in [0.4, 0.5) is 5.69 Å². The fourth-order valence-corrected chi connectivity index (χ4v) is 4.47. The minimum Gasteiger partial charge on any atom is -0.507 e. The van der Waals surface area contributed by atoms with Crippen LogP contribution in [0.2, 0.25) is 0 Å². The van der Waals surface area contributed by atoms with Crippen molar-refractivity contribution in [3.63, 3.8) is 0 Å². The Labute approximate surface area is 146 Å². The molecule has 134 valence electrons. The van der Waals surface area contributed by atoms with Crippen molar-refractivity contribution in [2.45, 2.75) is 44.2 Å². The van der Waals surface area contributed by atoms with Crippen molar-refractivity contribution >= 4 is 11.6 Å². The number of benzene rings is 1. The molecule has 7 heteroatoms. The van der Waals surface area contributed by atoms with Gasteiger partial charge in [0, 0.05) is 31.2 Å². The van der Waals surface area contributed by atoms with Crippen LogP contribution in [0.25, 0.3) is 0 Å². The summed E-state index contributed by atoms with van der Waals surface area (Å²) >= 11 is 0. The Hall–Kier alpha value is -2.15. The summed E-state index contributed by atoms with van der Waals surface area (Å²) in [5.74, 6) is -0.0498. The first-order valence-corrected chi connectivity index (χ1v) is 9.07. The van der Waals surface area contributed by atoms with Crippen LogP contribution in [-0.4, -0.2) is 57.5 Å². The SMILES string of the molecule is O=C(c1ccc([N+](=O)[O-])cc1O)N1CC[C@@H]2[C@@H](CCCN2C2CC2)C1. The highest BCUT2D eigenvalue weighted by Gasteiger charge is 2.42. The lowest BCUT2D eigenvalue weighted by atomic mass is 9.83. The first kappa shape index (κ1) is 16.3. The van der Waals surface area contributed by atoms with Gasteiger partial charge in [-0.25, -0.2) is 0 Å². The molecule has 1 aromatic carbocycles. The predicted molar refractivity (Wildman–Crippen MR) is 91.5 cm³/mol. The molecule has 0 bridgehead atoms. The molecule has 1 aromatic rings. The van der Waals surface area contributed by atoms with Crippen molar-refractivity contribution in [1.82, 2.24) is 9.80 Å². The van der Waals surface area contributed by atoms with Crippen molar-refractivity contribution in [2.75, 3.05) is 19.6 Å². The highest BCUT2D eigenvalue weighted by atomic mass is 16.6. The Balaban J connectivity index is 1.48. The van der Waals surface area contributed by atoms with E-state index in [-0.39, 0.29) is 22.9 Å². The van der Waals surface area contributed by atoms with Crippen molar-refractivity contribution in [1.29, 1.82) is 0 Å². The monoisotopic (exact) mass is 345 g/mol. The van der Waals surface area contributed by atoms with E-state index in [0.29, 0.717) is 25.0 Å². The number of fused-ring (bicyclic) bond motifs is 1. The molecule has 1 saturated carbocycles. The Kier molecular flexibility index (Phi) is 4.11. The normalized spacial score (nSPS) is 27.0. The standard InChI is InChI=1S/C18H23N3O4/c22-17-10-14(21(24)25)5-6-15(17)18(23)19-9-7-16-12(11-19)2-1-8-20(16)13-3-4-13/h5-6,10,12-13,16,22H,1-4,7-9,11H2/t12-,16+/m0/s1. The quantitative estimate of drug-likeness (QED) is 0.671. The predicted octanol–water partition coefficient (Wildman–Crippen LogP) is 2.39. The third-order valence-electron chi connectivity index (χ3n) is 5.84. The number of rotatable bonds is 3. The summed E-state index contributed by atoms with van der Waals surface area (Å²) in [6.07, 6.45) is 5.91. The maximum absolute atomic E-state index is 12.8. The molecule has 25 heavy (non-hydrogen) atoms. The molecule has 2 aliphatic heterocycles. The van der Waals surface area contributed by atoms with Gasteiger partial charge in [0.15, 0.2) is 0 Å². The number of carbonyl (C=O) groups excluding carboxylic acids is 1. The number of nitro benzene ring substituents is 1. The Morgan fingerprint density at radius 2 is 2.00 bits per heavy atom. The van der Waals surface area contributed by atoms with E-state index in [1.807, 2.05) is 0 Å². The van der Waals surface area contributed by atoms with Crippen LogP contribution in [0.3, 0.4) is 0 Å². The van der Waals surface area contributed by atoms with Crippen LogP contribution in [0, 0.1) is 16.0 Å². The zero-order valence-electron chi connectivity index (χ0n) is 14.1. The van der Waals surface area contributed by atoms with E-state index >= 15 is 0 Å². The number of carbonyl (C=O) groups is 1. The van der Waals surface area contributed by atoms with E-state index in [1.54, 1.807) is 4.90 Å². The number of hydrogen-bond donors (Lipinski definition) is 1. The molecule has 0 radical (unpaired) electrons. The van der Waals surface area contributed by atoms with Crippen LogP contribution in [0.15, 0.2) is 18.2 Å². The number of nitro groups is 1. The van der Waals surface area contributed by atoms with Crippen molar-refractivity contribution < 1.29 is 14.8 Å². The molecular weight excluding hydrogens is 322 g/mol. The Morgan fingerprint density at radius 1 is 1.20 bits per heavy atom. The van der Waals surface area contributed by atoms with E-state index < -0.39 is 4.92 Å². The summed E-state index contributed by atoms with van der Waals surface area (Å²) in [5.41, 5.74) is -0.0565. The van der Waals surface area contributed by atoms with Crippen molar-refractivity contribution in [3.8, 4) is 5.75 Å². The number of aromatic hydroxyl groups is 1. The van der Waals surface area contributed by atoms with E-state index in [1.165, 1.54) is 37.9 Å². The number of amides is 1. The molecule has 1 amide bonds. The average molecular weight is 345 g/mol. The third kappa shape index (κ3) is 3.08. The summed E-state index contributed by atoms with van der Waals surface area (Å²) in [6.45, 7) is 2.58. The number of non-ortho nitro benzene ring substituents is 1. The maximum Gasteiger partial charge on any atom is 0.273 e. The minimum atomic E-state index is -0.575. The molecule has 2 saturated heterocycles. The first-order chi connectivity index (χ1) is 12.0. The highest BCUT2D eigenvalue weighted by molar-refractivity contribution is 5.97. The Bertz CT molecular complexity index is 704. The third-order valence-corrected chi connectivity index (χ3v) is 5.84. The zero-order valence-corrected chi connectivity index (χ0v) is 14.1.